The number of aliphatic hydroxyl groups excluding tert-OH is 3. The summed E-state index contributed by atoms with van der Waals surface area (Å²) in [6.45, 7) is -0.523. The fourth-order valence-corrected chi connectivity index (χ4v) is 4.01. The van der Waals surface area contributed by atoms with Crippen LogP contribution in [0, 0.1) is 4.64 Å². The molecule has 0 spiro atoms. The molecule has 5 rings (SSSR count). The van der Waals surface area contributed by atoms with Gasteiger partial charge in [-0.3, -0.25) is 14.7 Å². The van der Waals surface area contributed by atoms with Gasteiger partial charge in [-0.05, 0) is 12.1 Å². The van der Waals surface area contributed by atoms with E-state index < -0.39 is 48.9 Å². The van der Waals surface area contributed by atoms with Crippen LogP contribution in [0.15, 0.2) is 40.8 Å². The quantitative estimate of drug-likeness (QED) is 0.321. The van der Waals surface area contributed by atoms with Crippen LogP contribution < -0.4 is 5.32 Å². The van der Waals surface area contributed by atoms with E-state index in [0.717, 1.165) is 12.1 Å². The lowest BCUT2D eigenvalue weighted by Gasteiger charge is -2.17. The summed E-state index contributed by atoms with van der Waals surface area (Å²) in [4.78, 5) is 23.6. The number of ether oxygens (including phenoxy) is 1. The third-order valence-electron chi connectivity index (χ3n) is 5.71. The number of H-pyrrole nitrogens is 1. The van der Waals surface area contributed by atoms with Gasteiger partial charge < -0.3 is 25.0 Å². The van der Waals surface area contributed by atoms with E-state index in [4.69, 9.17) is 17.0 Å². The lowest BCUT2D eigenvalue weighted by atomic mass is 10.0. The molecule has 0 saturated carbocycles. The number of aliphatic hydroxyl groups is 3. The van der Waals surface area contributed by atoms with Crippen LogP contribution in [0.1, 0.15) is 22.1 Å². The molecule has 5 N–H and O–H groups in total. The molecular formula is C19H16F3N7O5S. The number of amides is 1. The molecule has 4 atom stereocenters. The molecule has 184 valence electrons. The van der Waals surface area contributed by atoms with Crippen LogP contribution >= 0.6 is 12.2 Å². The molecule has 12 nitrogen and oxygen atoms in total. The number of aromatic amines is 1. The Morgan fingerprint density at radius 3 is 2.49 bits per heavy atom. The predicted octanol–water partition coefficient (Wildman–Crippen LogP) is 1.53. The van der Waals surface area contributed by atoms with E-state index in [9.17, 15) is 33.3 Å². The SMILES string of the molecule is O=C(Nc1nc(=S)c2ncn([C@@H]3O[C@H](CO)[C@@H](O)[C@H]3O)c2[nH]1)c1ccc(C2(C(F)(F)F)N=N2)cc1. The summed E-state index contributed by atoms with van der Waals surface area (Å²) in [5.41, 5.74) is -2.36. The van der Waals surface area contributed by atoms with Crippen LogP contribution in [0.3, 0.4) is 0 Å². The first-order valence-electron chi connectivity index (χ1n) is 10.1. The summed E-state index contributed by atoms with van der Waals surface area (Å²) < 4.78 is 46.3. The van der Waals surface area contributed by atoms with Crippen molar-refractivity contribution in [2.45, 2.75) is 36.4 Å². The van der Waals surface area contributed by atoms with Crippen LogP contribution in [-0.2, 0) is 10.4 Å². The van der Waals surface area contributed by atoms with Gasteiger partial charge in [-0.25, -0.2) is 9.97 Å². The first-order chi connectivity index (χ1) is 16.6. The van der Waals surface area contributed by atoms with Crippen molar-refractivity contribution in [2.75, 3.05) is 11.9 Å². The normalized spacial score (nSPS) is 25.2. The van der Waals surface area contributed by atoms with Gasteiger partial charge in [0.2, 0.25) is 5.95 Å². The third-order valence-corrected chi connectivity index (χ3v) is 6.00. The number of rotatable bonds is 5. The highest BCUT2D eigenvalue weighted by atomic mass is 32.1. The van der Waals surface area contributed by atoms with Crippen LogP contribution in [0.4, 0.5) is 19.1 Å². The molecule has 1 amide bonds. The van der Waals surface area contributed by atoms with Gasteiger partial charge >= 0.3 is 11.8 Å². The molecule has 35 heavy (non-hydrogen) atoms. The molecule has 1 saturated heterocycles. The number of hydrogen-bond donors (Lipinski definition) is 5. The first-order valence-corrected chi connectivity index (χ1v) is 10.5. The summed E-state index contributed by atoms with van der Waals surface area (Å²) in [5.74, 6) is -0.803. The van der Waals surface area contributed by atoms with E-state index in [1.807, 2.05) is 0 Å². The Morgan fingerprint density at radius 2 is 1.91 bits per heavy atom. The zero-order chi connectivity index (χ0) is 25.1. The molecule has 0 aliphatic carbocycles. The van der Waals surface area contributed by atoms with Crippen molar-refractivity contribution >= 4 is 35.2 Å². The highest BCUT2D eigenvalue weighted by Crippen LogP contribution is 2.52. The number of hydrogen-bond acceptors (Lipinski definition) is 10. The smallest absolute Gasteiger partial charge is 0.394 e. The van der Waals surface area contributed by atoms with E-state index >= 15 is 0 Å². The van der Waals surface area contributed by atoms with Gasteiger partial charge in [0.15, 0.2) is 10.9 Å². The number of anilines is 1. The van der Waals surface area contributed by atoms with Crippen molar-refractivity contribution in [1.29, 1.82) is 0 Å². The van der Waals surface area contributed by atoms with Crippen LogP contribution in [0.5, 0.6) is 0 Å². The number of nitrogens with one attached hydrogen (secondary N) is 2. The summed E-state index contributed by atoms with van der Waals surface area (Å²) in [6.07, 6.45) is -8.27. The Labute approximate surface area is 198 Å². The Morgan fingerprint density at radius 1 is 1.23 bits per heavy atom. The second kappa shape index (κ2) is 8.13. The standard InChI is InChI=1S/C19H16F3N7O5S/c20-19(21,22)18(27-28-18)8-3-1-7(2-4-8)14(33)25-17-24-13-10(15(35)26-17)23-6-29(13)16-12(32)11(31)9(5-30)34-16/h1-4,6,9,11-12,16,30-32H,5H2,(H2,24,25,26,33,35)/t9-,11-,12-,16-/m1/s1. The molecule has 2 aliphatic rings. The lowest BCUT2D eigenvalue weighted by Crippen LogP contribution is -2.33. The molecule has 16 heteroatoms. The lowest BCUT2D eigenvalue weighted by molar-refractivity contribution is -0.166. The van der Waals surface area contributed by atoms with Crippen molar-refractivity contribution in [3.8, 4) is 0 Å². The zero-order valence-electron chi connectivity index (χ0n) is 17.3. The van der Waals surface area contributed by atoms with Crippen LogP contribution in [0.2, 0.25) is 0 Å². The Kier molecular flexibility index (Phi) is 5.44. The highest BCUT2D eigenvalue weighted by molar-refractivity contribution is 7.71. The molecule has 0 unspecified atom stereocenters. The Balaban J connectivity index is 1.40. The van der Waals surface area contributed by atoms with E-state index in [1.165, 1.54) is 23.0 Å². The van der Waals surface area contributed by atoms with Gasteiger partial charge in [0.1, 0.15) is 29.5 Å². The monoisotopic (exact) mass is 511 g/mol. The number of alkyl halides is 3. The maximum absolute atomic E-state index is 13.2. The summed E-state index contributed by atoms with van der Waals surface area (Å²) in [6, 6.07) is 4.60. The first kappa shape index (κ1) is 23.4. The molecule has 0 radical (unpaired) electrons. The number of carbonyl (C=O) groups excluding carboxylic acids is 1. The molecular weight excluding hydrogens is 495 g/mol. The van der Waals surface area contributed by atoms with Crippen molar-refractivity contribution in [1.82, 2.24) is 19.5 Å². The zero-order valence-corrected chi connectivity index (χ0v) is 18.2. The van der Waals surface area contributed by atoms with E-state index in [0.29, 0.717) is 0 Å². The number of fused-ring (bicyclic) bond motifs is 1. The second-order valence-electron chi connectivity index (χ2n) is 7.87. The van der Waals surface area contributed by atoms with Crippen molar-refractivity contribution in [2.24, 2.45) is 10.2 Å². The van der Waals surface area contributed by atoms with E-state index in [-0.39, 0.29) is 32.9 Å². The number of imidazole rings is 1. The van der Waals surface area contributed by atoms with E-state index in [1.54, 1.807) is 0 Å². The van der Waals surface area contributed by atoms with Gasteiger partial charge in [0.05, 0.1) is 12.9 Å². The van der Waals surface area contributed by atoms with Crippen molar-refractivity contribution in [3.63, 3.8) is 0 Å². The maximum Gasteiger partial charge on any atom is 0.442 e. The average Bonchev–Trinajstić information content (AvgIpc) is 3.47. The van der Waals surface area contributed by atoms with Crippen molar-refractivity contribution < 1.29 is 38.0 Å². The van der Waals surface area contributed by atoms with Crippen molar-refractivity contribution in [3.05, 3.63) is 46.4 Å². The Hall–Kier alpha value is -3.31. The number of benzene rings is 1. The molecule has 0 bridgehead atoms. The topological polar surface area (TPSA) is 170 Å². The third kappa shape index (κ3) is 3.79. The summed E-state index contributed by atoms with van der Waals surface area (Å²) in [5, 5.41) is 38.4. The minimum atomic E-state index is -4.68. The molecule has 4 heterocycles. The minimum Gasteiger partial charge on any atom is -0.394 e. The van der Waals surface area contributed by atoms with E-state index in [2.05, 4.69) is 30.5 Å². The van der Waals surface area contributed by atoms with Gasteiger partial charge in [0, 0.05) is 11.1 Å². The van der Waals surface area contributed by atoms with Crippen LogP contribution in [-0.4, -0.2) is 71.8 Å². The van der Waals surface area contributed by atoms with Gasteiger partial charge in [-0.15, -0.1) is 10.2 Å². The van der Waals surface area contributed by atoms with Gasteiger partial charge in [-0.1, -0.05) is 24.4 Å². The van der Waals surface area contributed by atoms with Gasteiger partial charge in [-0.2, -0.15) is 13.2 Å². The maximum atomic E-state index is 13.2. The second-order valence-corrected chi connectivity index (χ2v) is 8.26. The number of nitrogens with zero attached hydrogens (tertiary/aromatic N) is 5. The fraction of sp³-hybridized carbons (Fsp3) is 0.368. The number of halogens is 3. The average molecular weight is 511 g/mol. The molecule has 2 aromatic heterocycles. The van der Waals surface area contributed by atoms with Gasteiger partial charge in [0.25, 0.3) is 5.91 Å². The summed E-state index contributed by atoms with van der Waals surface area (Å²) in [7, 11) is 0. The molecule has 3 aromatic rings. The molecule has 2 aliphatic heterocycles. The molecule has 1 aromatic carbocycles. The predicted molar refractivity (Wildman–Crippen MR) is 113 cm³/mol. The fourth-order valence-electron chi connectivity index (χ4n) is 3.77. The van der Waals surface area contributed by atoms with Crippen LogP contribution in [0.25, 0.3) is 11.2 Å². The summed E-state index contributed by atoms with van der Waals surface area (Å²) >= 11 is 5.22. The Bertz CT molecular complexity index is 1380. The number of carbonyl (C=O) groups is 1. The highest BCUT2D eigenvalue weighted by Gasteiger charge is 2.65. The minimum absolute atomic E-state index is 0.000957. The molecule has 1 fully saturated rings. The largest absolute Gasteiger partial charge is 0.442 e. The number of aromatic nitrogens is 4.